The number of nitrogens with zero attached hydrogens (tertiary/aromatic N) is 1. The van der Waals surface area contributed by atoms with Gasteiger partial charge in [0, 0.05) is 57.4 Å². The summed E-state index contributed by atoms with van der Waals surface area (Å²) in [6.07, 6.45) is 0. The van der Waals surface area contributed by atoms with E-state index in [4.69, 9.17) is 9.47 Å². The van der Waals surface area contributed by atoms with Crippen LogP contribution in [-0.4, -0.2) is 75.6 Å². The number of thioether (sulfide) groups is 1. The first kappa shape index (κ1) is 15.2. The van der Waals surface area contributed by atoms with Gasteiger partial charge in [0.15, 0.2) is 0 Å². The molecule has 0 aromatic carbocycles. The molecule has 1 heterocycles. The van der Waals surface area contributed by atoms with Gasteiger partial charge in [-0.1, -0.05) is 0 Å². The van der Waals surface area contributed by atoms with E-state index in [9.17, 15) is 0 Å². The molecular weight excluding hydrogens is 236 g/mol. The topological polar surface area (TPSA) is 33.7 Å². The summed E-state index contributed by atoms with van der Waals surface area (Å²) < 4.78 is 10.4. The Balaban J connectivity index is 2.37. The summed E-state index contributed by atoms with van der Waals surface area (Å²) in [6, 6.07) is 1.05. The van der Waals surface area contributed by atoms with Gasteiger partial charge in [-0.05, 0) is 6.92 Å². The predicted octanol–water partition coefficient (Wildman–Crippen LogP) is 0.675. The van der Waals surface area contributed by atoms with Gasteiger partial charge in [-0.15, -0.1) is 0 Å². The number of rotatable bonds is 8. The quantitative estimate of drug-likeness (QED) is 0.695. The average molecular weight is 262 g/mol. The van der Waals surface area contributed by atoms with E-state index in [0.717, 1.165) is 32.8 Å². The van der Waals surface area contributed by atoms with Gasteiger partial charge in [0.2, 0.25) is 0 Å². The molecule has 0 radical (unpaired) electrons. The van der Waals surface area contributed by atoms with Crippen LogP contribution in [0.15, 0.2) is 0 Å². The molecule has 0 aromatic rings. The van der Waals surface area contributed by atoms with Gasteiger partial charge in [0.25, 0.3) is 0 Å². The maximum atomic E-state index is 5.25. The highest BCUT2D eigenvalue weighted by Crippen LogP contribution is 2.10. The number of nitrogens with one attached hydrogen (secondary N) is 1. The molecule has 5 heteroatoms. The number of hydrogen-bond donors (Lipinski definition) is 1. The normalized spacial score (nSPS) is 22.9. The minimum absolute atomic E-state index is 0.448. The highest BCUT2D eigenvalue weighted by atomic mass is 32.2. The number of methoxy groups -OCH3 is 2. The van der Waals surface area contributed by atoms with Crippen molar-refractivity contribution in [3.63, 3.8) is 0 Å². The third kappa shape index (κ3) is 6.06. The first-order valence-corrected chi connectivity index (χ1v) is 7.46. The third-order valence-electron chi connectivity index (χ3n) is 3.07. The SMILES string of the molecule is COCCN(CC1CSCCN1)C(C)COC. The van der Waals surface area contributed by atoms with Crippen LogP contribution in [0.5, 0.6) is 0 Å². The van der Waals surface area contributed by atoms with Crippen molar-refractivity contribution in [2.45, 2.75) is 19.0 Å². The molecule has 2 atom stereocenters. The summed E-state index contributed by atoms with van der Waals surface area (Å²) in [7, 11) is 3.52. The van der Waals surface area contributed by atoms with Crippen LogP contribution in [0.2, 0.25) is 0 Å². The van der Waals surface area contributed by atoms with E-state index in [0.29, 0.717) is 12.1 Å². The zero-order valence-corrected chi connectivity index (χ0v) is 12.1. The molecule has 2 unspecified atom stereocenters. The van der Waals surface area contributed by atoms with Crippen LogP contribution in [-0.2, 0) is 9.47 Å². The molecule has 102 valence electrons. The lowest BCUT2D eigenvalue weighted by Gasteiger charge is -2.33. The van der Waals surface area contributed by atoms with Crippen molar-refractivity contribution >= 4 is 11.8 Å². The number of hydrogen-bond acceptors (Lipinski definition) is 5. The first-order valence-electron chi connectivity index (χ1n) is 6.31. The maximum absolute atomic E-state index is 5.25. The monoisotopic (exact) mass is 262 g/mol. The van der Waals surface area contributed by atoms with Crippen LogP contribution in [0, 0.1) is 0 Å². The van der Waals surface area contributed by atoms with Crippen molar-refractivity contribution < 1.29 is 9.47 Å². The summed E-state index contributed by atoms with van der Waals surface area (Å²) in [4.78, 5) is 2.45. The largest absolute Gasteiger partial charge is 0.383 e. The number of ether oxygens (including phenoxy) is 2. The molecular formula is C12H26N2O2S. The second kappa shape index (κ2) is 9.16. The van der Waals surface area contributed by atoms with Crippen LogP contribution in [0.4, 0.5) is 0 Å². The van der Waals surface area contributed by atoms with Crippen molar-refractivity contribution in [3.05, 3.63) is 0 Å². The lowest BCUT2D eigenvalue weighted by atomic mass is 10.2. The molecule has 0 saturated carbocycles. The van der Waals surface area contributed by atoms with Crippen molar-refractivity contribution in [2.75, 3.05) is 58.6 Å². The molecule has 0 amide bonds. The molecule has 17 heavy (non-hydrogen) atoms. The summed E-state index contributed by atoms with van der Waals surface area (Å²) >= 11 is 2.04. The van der Waals surface area contributed by atoms with Crippen molar-refractivity contribution in [1.29, 1.82) is 0 Å². The summed E-state index contributed by atoms with van der Waals surface area (Å²) in [5.41, 5.74) is 0. The van der Waals surface area contributed by atoms with E-state index in [1.807, 2.05) is 11.8 Å². The molecule has 0 bridgehead atoms. The minimum Gasteiger partial charge on any atom is -0.383 e. The zero-order valence-electron chi connectivity index (χ0n) is 11.3. The molecule has 1 fully saturated rings. The molecule has 1 aliphatic heterocycles. The van der Waals surface area contributed by atoms with E-state index in [1.165, 1.54) is 11.5 Å². The Morgan fingerprint density at radius 2 is 2.24 bits per heavy atom. The van der Waals surface area contributed by atoms with Gasteiger partial charge in [0.05, 0.1) is 13.2 Å². The molecule has 0 aromatic heterocycles. The molecule has 1 N–H and O–H groups in total. The van der Waals surface area contributed by atoms with Gasteiger partial charge in [-0.25, -0.2) is 0 Å². The third-order valence-corrected chi connectivity index (χ3v) is 4.20. The molecule has 0 spiro atoms. The standard InChI is InChI=1S/C12H26N2O2S/c1-11(9-16-3)14(5-6-15-2)8-12-10-17-7-4-13-12/h11-13H,4-10H2,1-3H3. The maximum Gasteiger partial charge on any atom is 0.0615 e. The second-order valence-electron chi connectivity index (χ2n) is 4.52. The Morgan fingerprint density at radius 3 is 2.82 bits per heavy atom. The fraction of sp³-hybridized carbons (Fsp3) is 1.00. The fourth-order valence-corrected chi connectivity index (χ4v) is 3.00. The van der Waals surface area contributed by atoms with Crippen LogP contribution >= 0.6 is 11.8 Å². The van der Waals surface area contributed by atoms with Gasteiger partial charge in [0.1, 0.15) is 0 Å². The van der Waals surface area contributed by atoms with Gasteiger partial charge in [-0.2, -0.15) is 11.8 Å². The minimum atomic E-state index is 0.448. The Morgan fingerprint density at radius 1 is 1.41 bits per heavy atom. The van der Waals surface area contributed by atoms with Crippen LogP contribution in [0.25, 0.3) is 0 Å². The van der Waals surface area contributed by atoms with Crippen LogP contribution in [0.1, 0.15) is 6.92 Å². The molecule has 4 nitrogen and oxygen atoms in total. The smallest absolute Gasteiger partial charge is 0.0615 e. The van der Waals surface area contributed by atoms with Crippen molar-refractivity contribution in [3.8, 4) is 0 Å². The molecule has 0 aliphatic carbocycles. The Kier molecular flexibility index (Phi) is 8.22. The second-order valence-corrected chi connectivity index (χ2v) is 5.67. The van der Waals surface area contributed by atoms with Crippen molar-refractivity contribution in [1.82, 2.24) is 10.2 Å². The average Bonchev–Trinajstić information content (AvgIpc) is 2.36. The summed E-state index contributed by atoms with van der Waals surface area (Å²) in [5, 5.41) is 3.58. The highest BCUT2D eigenvalue weighted by molar-refractivity contribution is 7.99. The van der Waals surface area contributed by atoms with E-state index < -0.39 is 0 Å². The molecule has 1 aliphatic rings. The lowest BCUT2D eigenvalue weighted by molar-refractivity contribution is 0.0703. The fourth-order valence-electron chi connectivity index (χ4n) is 2.07. The predicted molar refractivity (Wildman–Crippen MR) is 73.9 cm³/mol. The Labute approximate surface area is 109 Å². The lowest BCUT2D eigenvalue weighted by Crippen LogP contribution is -2.50. The Hall–Kier alpha value is 0.190. The first-order chi connectivity index (χ1) is 8.27. The zero-order chi connectivity index (χ0) is 12.5. The molecule has 1 rings (SSSR count). The summed E-state index contributed by atoms with van der Waals surface area (Å²) in [6.45, 7) is 6.98. The van der Waals surface area contributed by atoms with E-state index in [2.05, 4.69) is 17.1 Å². The van der Waals surface area contributed by atoms with Gasteiger partial charge >= 0.3 is 0 Å². The van der Waals surface area contributed by atoms with Crippen molar-refractivity contribution in [2.24, 2.45) is 0 Å². The van der Waals surface area contributed by atoms with E-state index in [-0.39, 0.29) is 0 Å². The summed E-state index contributed by atoms with van der Waals surface area (Å²) in [5.74, 6) is 2.45. The Bertz CT molecular complexity index is 189. The highest BCUT2D eigenvalue weighted by Gasteiger charge is 2.20. The van der Waals surface area contributed by atoms with Crippen LogP contribution < -0.4 is 5.32 Å². The van der Waals surface area contributed by atoms with E-state index >= 15 is 0 Å². The van der Waals surface area contributed by atoms with Gasteiger partial charge in [-0.3, -0.25) is 4.90 Å². The van der Waals surface area contributed by atoms with E-state index in [1.54, 1.807) is 14.2 Å². The van der Waals surface area contributed by atoms with Gasteiger partial charge < -0.3 is 14.8 Å². The van der Waals surface area contributed by atoms with Crippen LogP contribution in [0.3, 0.4) is 0 Å². The molecule has 1 saturated heterocycles.